The van der Waals surface area contributed by atoms with Gasteiger partial charge in [-0.2, -0.15) is 4.57 Å². The summed E-state index contributed by atoms with van der Waals surface area (Å²) in [6, 6.07) is 22.2. The summed E-state index contributed by atoms with van der Waals surface area (Å²) in [7, 11) is -3.98. The Morgan fingerprint density at radius 2 is 1.14 bits per heavy atom. The number of phosphoric ester groups is 1. The van der Waals surface area contributed by atoms with Crippen LogP contribution in [-0.4, -0.2) is 0 Å². The van der Waals surface area contributed by atoms with Gasteiger partial charge in [-0.1, -0.05) is 67.9 Å². The highest BCUT2D eigenvalue weighted by molar-refractivity contribution is 7.49. The van der Waals surface area contributed by atoms with Crippen LogP contribution in [0.4, 0.5) is 0 Å². The van der Waals surface area contributed by atoms with Gasteiger partial charge in [0.25, 0.3) is 0 Å². The Kier molecular flexibility index (Phi) is 6.43. The molecule has 3 rings (SSSR count). The minimum atomic E-state index is -3.98. The Labute approximate surface area is 166 Å². The first kappa shape index (κ1) is 20.0. The van der Waals surface area contributed by atoms with E-state index >= 15 is 0 Å². The van der Waals surface area contributed by atoms with Gasteiger partial charge in [-0.25, -0.2) is 0 Å². The first-order chi connectivity index (χ1) is 13.5. The molecule has 0 spiro atoms. The highest BCUT2D eigenvalue weighted by Crippen LogP contribution is 2.51. The molecule has 0 radical (unpaired) electrons. The Bertz CT molecular complexity index is 913. The van der Waals surface area contributed by atoms with Gasteiger partial charge < -0.3 is 13.6 Å². The minimum absolute atomic E-state index is 0.428. The number of benzene rings is 3. The van der Waals surface area contributed by atoms with Crippen LogP contribution in [0.5, 0.6) is 17.2 Å². The van der Waals surface area contributed by atoms with Crippen LogP contribution in [-0.2, 0) is 17.4 Å². The second kappa shape index (κ2) is 8.99. The summed E-state index contributed by atoms with van der Waals surface area (Å²) in [6.07, 6.45) is 1.48. The molecule has 3 aromatic rings. The number of rotatable bonds is 8. The van der Waals surface area contributed by atoms with Crippen molar-refractivity contribution in [3.63, 3.8) is 0 Å². The second-order valence-corrected chi connectivity index (χ2v) is 7.90. The lowest BCUT2D eigenvalue weighted by Crippen LogP contribution is -2.09. The zero-order chi connectivity index (χ0) is 20.0. The Hall–Kier alpha value is -2.71. The normalized spacial score (nSPS) is 11.1. The van der Waals surface area contributed by atoms with Crippen LogP contribution >= 0.6 is 7.82 Å². The molecule has 0 bridgehead atoms. The monoisotopic (exact) mass is 396 g/mol. The van der Waals surface area contributed by atoms with Crippen molar-refractivity contribution in [2.75, 3.05) is 0 Å². The van der Waals surface area contributed by atoms with E-state index in [9.17, 15) is 4.57 Å². The maximum absolute atomic E-state index is 13.7. The maximum Gasteiger partial charge on any atom is 0.647 e. The fraction of sp³-hybridized carbons (Fsp3) is 0.217. The summed E-state index contributed by atoms with van der Waals surface area (Å²) >= 11 is 0. The average Bonchev–Trinajstić information content (AvgIpc) is 2.70. The van der Waals surface area contributed by atoms with E-state index in [2.05, 4.69) is 0 Å². The summed E-state index contributed by atoms with van der Waals surface area (Å²) in [5.41, 5.74) is 2.95. The molecule has 0 aromatic heterocycles. The van der Waals surface area contributed by atoms with Gasteiger partial charge in [0.15, 0.2) is 0 Å². The van der Waals surface area contributed by atoms with Gasteiger partial charge in [-0.3, -0.25) is 0 Å². The quantitative estimate of drug-likeness (QED) is 0.394. The average molecular weight is 396 g/mol. The van der Waals surface area contributed by atoms with E-state index < -0.39 is 7.82 Å². The van der Waals surface area contributed by atoms with Gasteiger partial charge in [0.05, 0.1) is 0 Å². The van der Waals surface area contributed by atoms with Gasteiger partial charge in [0.1, 0.15) is 17.2 Å². The van der Waals surface area contributed by atoms with Crippen molar-refractivity contribution in [2.45, 2.75) is 33.6 Å². The van der Waals surface area contributed by atoms with Crippen molar-refractivity contribution in [3.05, 3.63) is 89.5 Å². The third-order valence-electron chi connectivity index (χ3n) is 4.37. The minimum Gasteiger partial charge on any atom is -0.386 e. The Morgan fingerprint density at radius 1 is 0.679 bits per heavy atom. The molecule has 3 aromatic carbocycles. The Balaban J connectivity index is 1.97. The third kappa shape index (κ3) is 4.96. The van der Waals surface area contributed by atoms with E-state index in [1.165, 1.54) is 0 Å². The van der Waals surface area contributed by atoms with Crippen molar-refractivity contribution < 1.29 is 18.1 Å². The second-order valence-electron chi connectivity index (χ2n) is 6.46. The molecule has 0 amide bonds. The maximum atomic E-state index is 13.7. The number of aryl methyl sites for hydroxylation is 3. The summed E-state index contributed by atoms with van der Waals surface area (Å²) in [5, 5.41) is 0. The predicted octanol–water partition coefficient (Wildman–Crippen LogP) is 6.76. The zero-order valence-corrected chi connectivity index (χ0v) is 17.3. The van der Waals surface area contributed by atoms with Crippen molar-refractivity contribution in [3.8, 4) is 17.2 Å². The van der Waals surface area contributed by atoms with Crippen LogP contribution in [0.15, 0.2) is 72.8 Å². The molecule has 0 unspecified atom stereocenters. The topological polar surface area (TPSA) is 44.8 Å². The number of hydrogen-bond donors (Lipinski definition) is 0. The highest BCUT2D eigenvalue weighted by Gasteiger charge is 2.34. The van der Waals surface area contributed by atoms with Gasteiger partial charge in [-0.05, 0) is 55.2 Å². The molecule has 0 heterocycles. The lowest BCUT2D eigenvalue weighted by Gasteiger charge is -2.21. The first-order valence-corrected chi connectivity index (χ1v) is 10.9. The van der Waals surface area contributed by atoms with Crippen LogP contribution in [0.2, 0.25) is 0 Å². The first-order valence-electron chi connectivity index (χ1n) is 9.44. The van der Waals surface area contributed by atoms with E-state index in [-0.39, 0.29) is 0 Å². The van der Waals surface area contributed by atoms with Gasteiger partial charge in [-0.15, -0.1) is 0 Å². The molecule has 28 heavy (non-hydrogen) atoms. The molecule has 5 heteroatoms. The summed E-state index contributed by atoms with van der Waals surface area (Å²) in [4.78, 5) is 0. The van der Waals surface area contributed by atoms with E-state index in [1.54, 1.807) is 24.3 Å². The molecule has 0 saturated carbocycles. The van der Waals surface area contributed by atoms with Crippen LogP contribution < -0.4 is 13.6 Å². The number of phosphoric acid groups is 1. The summed E-state index contributed by atoms with van der Waals surface area (Å²) < 4.78 is 31.2. The lowest BCUT2D eigenvalue weighted by atomic mass is 10.1. The number of para-hydroxylation sites is 2. The predicted molar refractivity (Wildman–Crippen MR) is 112 cm³/mol. The molecular weight excluding hydrogens is 371 g/mol. The van der Waals surface area contributed by atoms with Crippen molar-refractivity contribution >= 4 is 7.82 Å². The van der Waals surface area contributed by atoms with Crippen molar-refractivity contribution in [1.29, 1.82) is 0 Å². The molecule has 0 saturated heterocycles. The SMILES string of the molecule is CCc1ccccc1OP(=O)(Oc1ccc(C)cc1)Oc1ccccc1CC. The lowest BCUT2D eigenvalue weighted by molar-refractivity contribution is 0.296. The van der Waals surface area contributed by atoms with E-state index in [0.717, 1.165) is 29.5 Å². The van der Waals surface area contributed by atoms with Crippen molar-refractivity contribution in [1.82, 2.24) is 0 Å². The van der Waals surface area contributed by atoms with Crippen LogP contribution in [0.25, 0.3) is 0 Å². The molecule has 4 nitrogen and oxygen atoms in total. The molecular formula is C23H25O4P. The molecule has 0 aliphatic rings. The van der Waals surface area contributed by atoms with Crippen molar-refractivity contribution in [2.24, 2.45) is 0 Å². The summed E-state index contributed by atoms with van der Waals surface area (Å²) in [6.45, 7) is 6.01. The van der Waals surface area contributed by atoms with E-state index in [4.69, 9.17) is 13.6 Å². The molecule has 0 N–H and O–H groups in total. The van der Waals surface area contributed by atoms with E-state index in [1.807, 2.05) is 69.3 Å². The van der Waals surface area contributed by atoms with Gasteiger partial charge in [0, 0.05) is 0 Å². The molecule has 0 atom stereocenters. The van der Waals surface area contributed by atoms with Gasteiger partial charge in [0.2, 0.25) is 0 Å². The Morgan fingerprint density at radius 3 is 1.61 bits per heavy atom. The van der Waals surface area contributed by atoms with E-state index in [0.29, 0.717) is 17.2 Å². The molecule has 0 fully saturated rings. The zero-order valence-electron chi connectivity index (χ0n) is 16.4. The standard InChI is InChI=1S/C23H25O4P/c1-4-19-10-6-8-12-22(19)26-28(24,25-21-16-14-18(3)15-17-21)27-23-13-9-7-11-20(23)5-2/h6-17H,4-5H2,1-3H3. The van der Waals surface area contributed by atoms with Crippen LogP contribution in [0.1, 0.15) is 30.5 Å². The number of hydrogen-bond acceptors (Lipinski definition) is 4. The molecule has 0 aliphatic carbocycles. The van der Waals surface area contributed by atoms with Gasteiger partial charge >= 0.3 is 7.82 Å². The summed E-state index contributed by atoms with van der Waals surface area (Å²) in [5.74, 6) is 1.42. The van der Waals surface area contributed by atoms with Crippen LogP contribution in [0.3, 0.4) is 0 Å². The fourth-order valence-electron chi connectivity index (χ4n) is 2.79. The van der Waals surface area contributed by atoms with Crippen LogP contribution in [0, 0.1) is 6.92 Å². The smallest absolute Gasteiger partial charge is 0.386 e. The molecule has 0 aliphatic heterocycles. The molecule has 146 valence electrons. The highest BCUT2D eigenvalue weighted by atomic mass is 31.2. The largest absolute Gasteiger partial charge is 0.647 e. The third-order valence-corrected chi connectivity index (χ3v) is 5.64. The fourth-order valence-corrected chi connectivity index (χ4v) is 4.12.